The highest BCUT2D eigenvalue weighted by molar-refractivity contribution is 7.22. The number of thiazole rings is 1. The molecule has 124 valence electrons. The van der Waals surface area contributed by atoms with Crippen molar-refractivity contribution in [1.82, 2.24) is 4.98 Å². The molecule has 4 nitrogen and oxygen atoms in total. The van der Waals surface area contributed by atoms with Crippen molar-refractivity contribution in [2.45, 2.75) is 13.5 Å². The topological polar surface area (TPSA) is 46.3 Å². The molecule has 0 fully saturated rings. The Morgan fingerprint density at radius 1 is 1.08 bits per heavy atom. The lowest BCUT2D eigenvalue weighted by atomic mass is 10.2. The number of hydrogen-bond acceptors (Lipinski definition) is 4. The summed E-state index contributed by atoms with van der Waals surface area (Å²) in [6.07, 6.45) is 1.51. The molecule has 5 heteroatoms. The van der Waals surface area contributed by atoms with Crippen molar-refractivity contribution in [3.63, 3.8) is 0 Å². The van der Waals surface area contributed by atoms with Crippen LogP contribution in [0.1, 0.15) is 21.7 Å². The number of aromatic nitrogens is 1. The molecule has 0 aliphatic heterocycles. The Hall–Kier alpha value is -2.92. The van der Waals surface area contributed by atoms with Gasteiger partial charge >= 0.3 is 0 Å². The Balaban J connectivity index is 1.78. The zero-order valence-electron chi connectivity index (χ0n) is 13.7. The second-order valence-electron chi connectivity index (χ2n) is 5.77. The van der Waals surface area contributed by atoms with E-state index in [9.17, 15) is 4.79 Å². The molecule has 0 saturated heterocycles. The van der Waals surface area contributed by atoms with Gasteiger partial charge in [-0.15, -0.1) is 0 Å². The van der Waals surface area contributed by atoms with E-state index in [1.54, 1.807) is 17.0 Å². The number of aryl methyl sites for hydroxylation is 1. The number of carbonyl (C=O) groups is 1. The molecule has 0 bridgehead atoms. The minimum atomic E-state index is -0.189. The van der Waals surface area contributed by atoms with Gasteiger partial charge in [-0.05, 0) is 36.2 Å². The van der Waals surface area contributed by atoms with Gasteiger partial charge in [-0.3, -0.25) is 9.69 Å². The lowest BCUT2D eigenvalue weighted by Gasteiger charge is -2.18. The maximum atomic E-state index is 13.0. The number of rotatable bonds is 4. The maximum absolute atomic E-state index is 13.0. The molecule has 0 atom stereocenters. The monoisotopic (exact) mass is 348 g/mol. The van der Waals surface area contributed by atoms with Gasteiger partial charge in [-0.25, -0.2) is 4.98 Å². The largest absolute Gasteiger partial charge is 0.459 e. The average molecular weight is 348 g/mol. The molecule has 0 radical (unpaired) electrons. The number of amides is 1. The number of anilines is 1. The van der Waals surface area contributed by atoms with E-state index in [0.29, 0.717) is 17.4 Å². The molecule has 4 rings (SSSR count). The smallest absolute Gasteiger partial charge is 0.296 e. The summed E-state index contributed by atoms with van der Waals surface area (Å²) >= 11 is 1.52. The fourth-order valence-corrected chi connectivity index (χ4v) is 3.76. The number of carbonyl (C=O) groups excluding carboxylic acids is 1. The zero-order valence-corrected chi connectivity index (χ0v) is 14.5. The van der Waals surface area contributed by atoms with Crippen molar-refractivity contribution >= 4 is 32.6 Å². The van der Waals surface area contributed by atoms with E-state index in [2.05, 4.69) is 0 Å². The summed E-state index contributed by atoms with van der Waals surface area (Å²) in [7, 11) is 0. The van der Waals surface area contributed by atoms with Gasteiger partial charge < -0.3 is 4.42 Å². The van der Waals surface area contributed by atoms with Crippen LogP contribution in [0.4, 0.5) is 5.13 Å². The van der Waals surface area contributed by atoms with Gasteiger partial charge in [0.25, 0.3) is 5.91 Å². The Kier molecular flexibility index (Phi) is 4.07. The van der Waals surface area contributed by atoms with Crippen molar-refractivity contribution in [2.75, 3.05) is 4.90 Å². The summed E-state index contributed by atoms with van der Waals surface area (Å²) in [4.78, 5) is 19.4. The second-order valence-corrected chi connectivity index (χ2v) is 6.78. The Labute approximate surface area is 149 Å². The number of hydrogen-bond donors (Lipinski definition) is 0. The normalized spacial score (nSPS) is 10.9. The molecule has 0 saturated carbocycles. The van der Waals surface area contributed by atoms with Gasteiger partial charge in [0, 0.05) is 0 Å². The summed E-state index contributed by atoms with van der Waals surface area (Å²) < 4.78 is 6.39. The summed E-state index contributed by atoms with van der Waals surface area (Å²) in [6, 6.07) is 19.4. The third-order valence-corrected chi connectivity index (χ3v) is 5.04. The van der Waals surface area contributed by atoms with Crippen LogP contribution in [-0.2, 0) is 6.54 Å². The fraction of sp³-hybridized carbons (Fsp3) is 0.100. The third-order valence-electron chi connectivity index (χ3n) is 4.00. The SMILES string of the molecule is Cc1cccc2sc(N(Cc3ccccc3)C(=O)c3ccco3)nc12. The minimum Gasteiger partial charge on any atom is -0.459 e. The van der Waals surface area contributed by atoms with Crippen LogP contribution in [0.5, 0.6) is 0 Å². The first-order valence-electron chi connectivity index (χ1n) is 7.98. The highest BCUT2D eigenvalue weighted by Gasteiger charge is 2.23. The average Bonchev–Trinajstić information content (AvgIpc) is 3.30. The maximum Gasteiger partial charge on any atom is 0.296 e. The first kappa shape index (κ1) is 15.6. The molecule has 0 aliphatic rings. The van der Waals surface area contributed by atoms with E-state index >= 15 is 0 Å². The molecule has 4 aromatic rings. The van der Waals surface area contributed by atoms with Crippen LogP contribution in [0, 0.1) is 6.92 Å². The lowest BCUT2D eigenvalue weighted by Crippen LogP contribution is -2.30. The quantitative estimate of drug-likeness (QED) is 0.519. The van der Waals surface area contributed by atoms with Crippen LogP contribution in [0.2, 0.25) is 0 Å². The molecular weight excluding hydrogens is 332 g/mol. The van der Waals surface area contributed by atoms with Crippen LogP contribution in [-0.4, -0.2) is 10.9 Å². The first-order chi connectivity index (χ1) is 12.2. The van der Waals surface area contributed by atoms with Gasteiger partial charge in [0.05, 0.1) is 23.0 Å². The predicted molar refractivity (Wildman–Crippen MR) is 100 cm³/mol. The lowest BCUT2D eigenvalue weighted by molar-refractivity contribution is 0.0958. The summed E-state index contributed by atoms with van der Waals surface area (Å²) in [5.74, 6) is 0.123. The molecule has 0 spiro atoms. The van der Waals surface area contributed by atoms with Gasteiger partial charge in [-0.2, -0.15) is 0 Å². The predicted octanol–water partition coefficient (Wildman–Crippen LogP) is 5.04. The van der Waals surface area contributed by atoms with Gasteiger partial charge in [0.2, 0.25) is 0 Å². The Bertz CT molecular complexity index is 1010. The molecule has 2 aromatic heterocycles. The Morgan fingerprint density at radius 3 is 2.64 bits per heavy atom. The molecular formula is C20H16N2O2S. The van der Waals surface area contributed by atoms with E-state index < -0.39 is 0 Å². The number of benzene rings is 2. The number of fused-ring (bicyclic) bond motifs is 1. The summed E-state index contributed by atoms with van der Waals surface area (Å²) in [6.45, 7) is 2.47. The highest BCUT2D eigenvalue weighted by atomic mass is 32.1. The number of furan rings is 1. The van der Waals surface area contributed by atoms with E-state index in [0.717, 1.165) is 21.3 Å². The van der Waals surface area contributed by atoms with E-state index in [1.807, 2.05) is 55.5 Å². The van der Waals surface area contributed by atoms with Crippen LogP contribution >= 0.6 is 11.3 Å². The van der Waals surface area contributed by atoms with Crippen molar-refractivity contribution in [1.29, 1.82) is 0 Å². The number of nitrogens with zero attached hydrogens (tertiary/aromatic N) is 2. The highest BCUT2D eigenvalue weighted by Crippen LogP contribution is 2.32. The minimum absolute atomic E-state index is 0.189. The van der Waals surface area contributed by atoms with Crippen molar-refractivity contribution in [2.24, 2.45) is 0 Å². The van der Waals surface area contributed by atoms with Crippen LogP contribution < -0.4 is 4.90 Å². The third kappa shape index (κ3) is 3.06. The van der Waals surface area contributed by atoms with Gasteiger partial charge in [0.1, 0.15) is 0 Å². The van der Waals surface area contributed by atoms with Crippen molar-refractivity contribution < 1.29 is 9.21 Å². The standard InChI is InChI=1S/C20H16N2O2S/c1-14-7-5-11-17-18(14)21-20(25-17)22(13-15-8-3-2-4-9-15)19(23)16-10-6-12-24-16/h2-12H,13H2,1H3. The molecule has 0 unspecified atom stereocenters. The molecule has 0 N–H and O–H groups in total. The van der Waals surface area contributed by atoms with E-state index in [1.165, 1.54) is 17.6 Å². The summed E-state index contributed by atoms with van der Waals surface area (Å²) in [5, 5.41) is 0.676. The van der Waals surface area contributed by atoms with Crippen LogP contribution in [0.25, 0.3) is 10.2 Å². The van der Waals surface area contributed by atoms with Gasteiger partial charge in [0.15, 0.2) is 10.9 Å². The second kappa shape index (κ2) is 6.53. The zero-order chi connectivity index (χ0) is 17.2. The Morgan fingerprint density at radius 2 is 1.92 bits per heavy atom. The molecule has 0 aliphatic carbocycles. The molecule has 2 aromatic carbocycles. The van der Waals surface area contributed by atoms with Crippen molar-refractivity contribution in [3.8, 4) is 0 Å². The summed E-state index contributed by atoms with van der Waals surface area (Å²) in [5.41, 5.74) is 3.08. The number of para-hydroxylation sites is 1. The van der Waals surface area contributed by atoms with Gasteiger partial charge in [-0.1, -0.05) is 53.8 Å². The molecule has 25 heavy (non-hydrogen) atoms. The molecule has 1 amide bonds. The van der Waals surface area contributed by atoms with Crippen molar-refractivity contribution in [3.05, 3.63) is 83.8 Å². The molecule has 2 heterocycles. The van der Waals surface area contributed by atoms with E-state index in [4.69, 9.17) is 9.40 Å². The van der Waals surface area contributed by atoms with Crippen LogP contribution in [0.3, 0.4) is 0 Å². The fourth-order valence-electron chi connectivity index (χ4n) is 2.72. The van der Waals surface area contributed by atoms with E-state index in [-0.39, 0.29) is 5.91 Å². The first-order valence-corrected chi connectivity index (χ1v) is 8.79. The van der Waals surface area contributed by atoms with Crippen LogP contribution in [0.15, 0.2) is 71.3 Å².